The summed E-state index contributed by atoms with van der Waals surface area (Å²) in [5.74, 6) is -1.55. The molecule has 1 atom stereocenters. The summed E-state index contributed by atoms with van der Waals surface area (Å²) in [7, 11) is 0. The molecular formula is C13H14F3NO3. The molecule has 0 amide bonds. The maximum Gasteiger partial charge on any atom is 0.440 e. The third kappa shape index (κ3) is 4.34. The first-order valence-corrected chi connectivity index (χ1v) is 5.88. The van der Waals surface area contributed by atoms with Crippen LogP contribution in [-0.4, -0.2) is 36.2 Å². The number of alkyl halides is 3. The Morgan fingerprint density at radius 2 is 1.95 bits per heavy atom. The van der Waals surface area contributed by atoms with Gasteiger partial charge in [-0.25, -0.2) is 4.79 Å². The van der Waals surface area contributed by atoms with E-state index in [9.17, 15) is 23.1 Å². The van der Waals surface area contributed by atoms with Crippen LogP contribution in [0.1, 0.15) is 18.5 Å². The van der Waals surface area contributed by atoms with Gasteiger partial charge in [0.15, 0.2) is 0 Å². The Morgan fingerprint density at radius 1 is 1.35 bits per heavy atom. The molecule has 0 saturated heterocycles. The second-order valence-electron chi connectivity index (χ2n) is 3.80. The molecule has 110 valence electrons. The van der Waals surface area contributed by atoms with Crippen LogP contribution in [0.2, 0.25) is 0 Å². The van der Waals surface area contributed by atoms with Gasteiger partial charge in [0.2, 0.25) is 5.71 Å². The Kier molecular flexibility index (Phi) is 5.69. The van der Waals surface area contributed by atoms with Gasteiger partial charge in [0.05, 0.1) is 19.3 Å². The number of halogens is 3. The van der Waals surface area contributed by atoms with Gasteiger partial charge in [0, 0.05) is 0 Å². The molecular weight excluding hydrogens is 275 g/mol. The van der Waals surface area contributed by atoms with Crippen LogP contribution in [0.25, 0.3) is 0 Å². The van der Waals surface area contributed by atoms with Crippen molar-refractivity contribution in [3.63, 3.8) is 0 Å². The number of hydrogen-bond acceptors (Lipinski definition) is 4. The highest BCUT2D eigenvalue weighted by molar-refractivity contribution is 6.38. The Hall–Kier alpha value is -1.89. The minimum atomic E-state index is -4.94. The van der Waals surface area contributed by atoms with Gasteiger partial charge < -0.3 is 9.84 Å². The zero-order chi connectivity index (χ0) is 15.2. The summed E-state index contributed by atoms with van der Waals surface area (Å²) in [4.78, 5) is 14.6. The number of ether oxygens (including phenoxy) is 1. The third-order valence-corrected chi connectivity index (χ3v) is 2.38. The first-order chi connectivity index (χ1) is 9.40. The molecule has 0 fully saturated rings. The number of rotatable bonds is 5. The van der Waals surface area contributed by atoms with Gasteiger partial charge in [0.25, 0.3) is 0 Å². The smallest absolute Gasteiger partial charge is 0.440 e. The zero-order valence-corrected chi connectivity index (χ0v) is 10.7. The van der Waals surface area contributed by atoms with Crippen molar-refractivity contribution in [1.82, 2.24) is 0 Å². The van der Waals surface area contributed by atoms with Crippen LogP contribution in [0.3, 0.4) is 0 Å². The van der Waals surface area contributed by atoms with E-state index in [2.05, 4.69) is 9.73 Å². The first kappa shape index (κ1) is 16.2. The second-order valence-corrected chi connectivity index (χ2v) is 3.80. The normalized spacial score (nSPS) is 13.9. The SMILES string of the molecule is CCOC(=O)C(=N[C@H](CO)c1ccccc1)C(F)(F)F. The van der Waals surface area contributed by atoms with Crippen LogP contribution >= 0.6 is 0 Å². The highest BCUT2D eigenvalue weighted by atomic mass is 19.4. The second kappa shape index (κ2) is 7.04. The number of carbonyl (C=O) groups excluding carboxylic acids is 1. The molecule has 4 nitrogen and oxygen atoms in total. The Morgan fingerprint density at radius 3 is 2.40 bits per heavy atom. The van der Waals surface area contributed by atoms with E-state index in [-0.39, 0.29) is 6.61 Å². The summed E-state index contributed by atoms with van der Waals surface area (Å²) < 4.78 is 42.7. The van der Waals surface area contributed by atoms with Gasteiger partial charge in [-0.2, -0.15) is 13.2 Å². The van der Waals surface area contributed by atoms with Crippen LogP contribution < -0.4 is 0 Å². The van der Waals surface area contributed by atoms with Crippen molar-refractivity contribution >= 4 is 11.7 Å². The molecule has 0 aliphatic heterocycles. The molecule has 0 bridgehead atoms. The lowest BCUT2D eigenvalue weighted by Crippen LogP contribution is -2.33. The van der Waals surface area contributed by atoms with E-state index in [4.69, 9.17) is 0 Å². The summed E-state index contributed by atoms with van der Waals surface area (Å²) >= 11 is 0. The molecule has 0 heterocycles. The zero-order valence-electron chi connectivity index (χ0n) is 10.7. The van der Waals surface area contributed by atoms with E-state index in [0.29, 0.717) is 5.56 Å². The van der Waals surface area contributed by atoms with Crippen molar-refractivity contribution in [1.29, 1.82) is 0 Å². The van der Waals surface area contributed by atoms with Gasteiger partial charge in [0.1, 0.15) is 0 Å². The van der Waals surface area contributed by atoms with Crippen LogP contribution in [-0.2, 0) is 9.53 Å². The van der Waals surface area contributed by atoms with Gasteiger partial charge >= 0.3 is 12.1 Å². The van der Waals surface area contributed by atoms with Crippen molar-refractivity contribution in [2.24, 2.45) is 4.99 Å². The first-order valence-electron chi connectivity index (χ1n) is 5.88. The van der Waals surface area contributed by atoms with Crippen LogP contribution in [0, 0.1) is 0 Å². The van der Waals surface area contributed by atoms with Crippen molar-refractivity contribution in [2.45, 2.75) is 19.1 Å². The maximum atomic E-state index is 12.8. The van der Waals surface area contributed by atoms with Crippen molar-refractivity contribution in [3.05, 3.63) is 35.9 Å². The Bertz CT molecular complexity index is 471. The fourth-order valence-corrected chi connectivity index (χ4v) is 1.49. The Balaban J connectivity index is 3.14. The highest BCUT2D eigenvalue weighted by Crippen LogP contribution is 2.23. The standard InChI is InChI=1S/C13H14F3NO3/c1-2-20-12(19)11(13(14,15)16)17-10(8-18)9-6-4-3-5-7-9/h3-7,10,18H,2,8H2,1H3/t10-/m1/s1. The van der Waals surface area contributed by atoms with E-state index < -0.39 is 30.5 Å². The molecule has 0 aromatic heterocycles. The molecule has 0 saturated carbocycles. The molecule has 0 aliphatic carbocycles. The lowest BCUT2D eigenvalue weighted by atomic mass is 10.1. The van der Waals surface area contributed by atoms with E-state index in [1.54, 1.807) is 18.2 Å². The lowest BCUT2D eigenvalue weighted by Gasteiger charge is -2.14. The average Bonchev–Trinajstić information content (AvgIpc) is 2.39. The molecule has 0 spiro atoms. The summed E-state index contributed by atoms with van der Waals surface area (Å²) in [6.45, 7) is 0.554. The summed E-state index contributed by atoms with van der Waals surface area (Å²) in [5, 5.41) is 9.18. The number of aliphatic hydroxyl groups is 1. The maximum absolute atomic E-state index is 12.8. The van der Waals surface area contributed by atoms with Crippen LogP contribution in [0.4, 0.5) is 13.2 Å². The molecule has 0 unspecified atom stereocenters. The predicted octanol–water partition coefficient (Wildman–Crippen LogP) is 2.29. The fraction of sp³-hybridized carbons (Fsp3) is 0.385. The Labute approximate surface area is 113 Å². The summed E-state index contributed by atoms with van der Waals surface area (Å²) in [6.07, 6.45) is -4.94. The quantitative estimate of drug-likeness (QED) is 0.668. The molecule has 0 radical (unpaired) electrons. The van der Waals surface area contributed by atoms with E-state index in [1.807, 2.05) is 0 Å². The van der Waals surface area contributed by atoms with Crippen molar-refractivity contribution in [3.8, 4) is 0 Å². The number of aliphatic imine (C=N–C) groups is 1. The number of esters is 1. The third-order valence-electron chi connectivity index (χ3n) is 2.38. The minimum absolute atomic E-state index is 0.191. The van der Waals surface area contributed by atoms with Gasteiger partial charge in [-0.3, -0.25) is 4.99 Å². The average molecular weight is 289 g/mol. The van der Waals surface area contributed by atoms with Gasteiger partial charge in [-0.1, -0.05) is 30.3 Å². The summed E-state index contributed by atoms with van der Waals surface area (Å²) in [6, 6.07) is 6.75. The molecule has 1 N–H and O–H groups in total. The lowest BCUT2D eigenvalue weighted by molar-refractivity contribution is -0.139. The number of aliphatic hydroxyl groups excluding tert-OH is 1. The number of hydrogen-bond donors (Lipinski definition) is 1. The highest BCUT2D eigenvalue weighted by Gasteiger charge is 2.42. The molecule has 20 heavy (non-hydrogen) atoms. The minimum Gasteiger partial charge on any atom is -0.461 e. The van der Waals surface area contributed by atoms with Crippen molar-refractivity contribution < 1.29 is 27.8 Å². The fourth-order valence-electron chi connectivity index (χ4n) is 1.49. The number of nitrogens with zero attached hydrogens (tertiary/aromatic N) is 1. The van der Waals surface area contributed by atoms with E-state index in [0.717, 1.165) is 0 Å². The van der Waals surface area contributed by atoms with E-state index in [1.165, 1.54) is 19.1 Å². The molecule has 7 heteroatoms. The van der Waals surface area contributed by atoms with E-state index >= 15 is 0 Å². The number of carbonyl (C=O) groups is 1. The topological polar surface area (TPSA) is 58.9 Å². The molecule has 1 aromatic rings. The predicted molar refractivity (Wildman–Crippen MR) is 66.4 cm³/mol. The van der Waals surface area contributed by atoms with Gasteiger partial charge in [-0.15, -0.1) is 0 Å². The molecule has 1 aromatic carbocycles. The van der Waals surface area contributed by atoms with Crippen molar-refractivity contribution in [2.75, 3.05) is 13.2 Å². The molecule has 0 aliphatic rings. The summed E-state index contributed by atoms with van der Waals surface area (Å²) in [5.41, 5.74) is -1.27. The van der Waals surface area contributed by atoms with Crippen LogP contribution in [0.5, 0.6) is 0 Å². The van der Waals surface area contributed by atoms with Gasteiger partial charge in [-0.05, 0) is 12.5 Å². The largest absolute Gasteiger partial charge is 0.461 e. The van der Waals surface area contributed by atoms with Crippen LogP contribution in [0.15, 0.2) is 35.3 Å². The number of benzene rings is 1. The monoisotopic (exact) mass is 289 g/mol. The molecule has 1 rings (SSSR count).